The fourth-order valence-electron chi connectivity index (χ4n) is 3.04. The van der Waals surface area contributed by atoms with Crippen LogP contribution in [0.25, 0.3) is 11.5 Å². The number of nitriles is 1. The molecular formula is C16H18N4O. The molecule has 0 spiro atoms. The first-order valence-electron chi connectivity index (χ1n) is 7.23. The molecular weight excluding hydrogens is 264 g/mol. The largest absolute Gasteiger partial charge is 0.419 e. The summed E-state index contributed by atoms with van der Waals surface area (Å²) in [4.78, 5) is 10.5. The van der Waals surface area contributed by atoms with Crippen LogP contribution in [0.5, 0.6) is 0 Å². The molecule has 108 valence electrons. The van der Waals surface area contributed by atoms with E-state index in [9.17, 15) is 5.26 Å². The molecule has 5 nitrogen and oxygen atoms in total. The second kappa shape index (κ2) is 5.57. The van der Waals surface area contributed by atoms with Crippen molar-refractivity contribution in [3.05, 3.63) is 30.2 Å². The average Bonchev–Trinajstić information content (AvgIpc) is 2.91. The second-order valence-corrected chi connectivity index (χ2v) is 5.88. The highest BCUT2D eigenvalue weighted by atomic mass is 16.4. The lowest BCUT2D eigenvalue weighted by atomic mass is 9.92. The van der Waals surface area contributed by atoms with Gasteiger partial charge in [-0.1, -0.05) is 13.8 Å². The van der Waals surface area contributed by atoms with Crippen molar-refractivity contribution < 1.29 is 4.42 Å². The summed E-state index contributed by atoms with van der Waals surface area (Å²) < 4.78 is 5.88. The Labute approximate surface area is 124 Å². The topological polar surface area (TPSA) is 66.0 Å². The number of rotatable bonds is 2. The van der Waals surface area contributed by atoms with Crippen molar-refractivity contribution in [1.82, 2.24) is 9.97 Å². The minimum atomic E-state index is 0.357. The van der Waals surface area contributed by atoms with Gasteiger partial charge in [0.2, 0.25) is 17.5 Å². The number of hydrogen-bond acceptors (Lipinski definition) is 5. The summed E-state index contributed by atoms with van der Waals surface area (Å²) in [6.45, 7) is 6.27. The molecule has 0 N–H and O–H groups in total. The number of hydrogen-bond donors (Lipinski definition) is 0. The molecule has 1 aliphatic rings. The monoisotopic (exact) mass is 282 g/mol. The Kier molecular flexibility index (Phi) is 3.61. The fourth-order valence-corrected chi connectivity index (χ4v) is 3.04. The van der Waals surface area contributed by atoms with Gasteiger partial charge >= 0.3 is 0 Å². The molecule has 0 radical (unpaired) electrons. The Hall–Kier alpha value is -2.35. The van der Waals surface area contributed by atoms with Crippen LogP contribution < -0.4 is 4.90 Å². The van der Waals surface area contributed by atoms with Gasteiger partial charge in [-0.2, -0.15) is 10.2 Å². The molecule has 3 heterocycles. The van der Waals surface area contributed by atoms with Gasteiger partial charge in [0.15, 0.2) is 0 Å². The highest BCUT2D eigenvalue weighted by molar-refractivity contribution is 5.58. The fraction of sp³-hybridized carbons (Fsp3) is 0.438. The molecule has 0 aromatic carbocycles. The second-order valence-electron chi connectivity index (χ2n) is 5.88. The smallest absolute Gasteiger partial charge is 0.235 e. The van der Waals surface area contributed by atoms with E-state index in [1.165, 1.54) is 6.42 Å². The molecule has 0 bridgehead atoms. The minimum absolute atomic E-state index is 0.357. The van der Waals surface area contributed by atoms with E-state index in [-0.39, 0.29) is 0 Å². The molecule has 0 saturated carbocycles. The molecule has 2 aromatic heterocycles. The zero-order valence-corrected chi connectivity index (χ0v) is 12.3. The number of anilines is 1. The molecule has 2 aromatic rings. The summed E-state index contributed by atoms with van der Waals surface area (Å²) in [6, 6.07) is 5.86. The summed E-state index contributed by atoms with van der Waals surface area (Å²) >= 11 is 0. The lowest BCUT2D eigenvalue weighted by molar-refractivity contribution is 0.344. The number of oxazole rings is 1. The molecule has 21 heavy (non-hydrogen) atoms. The lowest BCUT2D eigenvalue weighted by Crippen LogP contribution is -2.38. The van der Waals surface area contributed by atoms with Crippen molar-refractivity contribution in [2.75, 3.05) is 18.0 Å². The van der Waals surface area contributed by atoms with Gasteiger partial charge in [-0.05, 0) is 30.4 Å². The SMILES string of the molecule is C[C@H]1C[C@H](C)CN(c2oc(-c3cccnc3)nc2C#N)C1. The van der Waals surface area contributed by atoms with Gasteiger partial charge in [0, 0.05) is 25.5 Å². The first-order chi connectivity index (χ1) is 10.2. The molecule has 5 heteroatoms. The average molecular weight is 282 g/mol. The zero-order chi connectivity index (χ0) is 14.8. The molecule has 1 aliphatic heterocycles. The van der Waals surface area contributed by atoms with Crippen molar-refractivity contribution in [3.63, 3.8) is 0 Å². The van der Waals surface area contributed by atoms with Gasteiger partial charge in [0.1, 0.15) is 6.07 Å². The van der Waals surface area contributed by atoms with Crippen LogP contribution in [0.15, 0.2) is 28.9 Å². The quantitative estimate of drug-likeness (QED) is 0.846. The predicted octanol–water partition coefficient (Wildman–Crippen LogP) is 3.09. The van der Waals surface area contributed by atoms with Crippen LogP contribution in [0.3, 0.4) is 0 Å². The van der Waals surface area contributed by atoms with Crippen LogP contribution in [0.2, 0.25) is 0 Å². The van der Waals surface area contributed by atoms with Crippen molar-refractivity contribution >= 4 is 5.88 Å². The first-order valence-corrected chi connectivity index (χ1v) is 7.23. The van der Waals surface area contributed by atoms with E-state index in [2.05, 4.69) is 34.8 Å². The maximum Gasteiger partial charge on any atom is 0.235 e. The molecule has 1 saturated heterocycles. The predicted molar refractivity (Wildman–Crippen MR) is 79.6 cm³/mol. The number of piperidine rings is 1. The van der Waals surface area contributed by atoms with E-state index < -0.39 is 0 Å². The molecule has 0 amide bonds. The van der Waals surface area contributed by atoms with E-state index in [4.69, 9.17) is 4.42 Å². The lowest BCUT2D eigenvalue weighted by Gasteiger charge is -2.34. The highest BCUT2D eigenvalue weighted by Crippen LogP contribution is 2.32. The Morgan fingerprint density at radius 1 is 1.33 bits per heavy atom. The Morgan fingerprint density at radius 2 is 2.10 bits per heavy atom. The summed E-state index contributed by atoms with van der Waals surface area (Å²) in [6.07, 6.45) is 4.60. The van der Waals surface area contributed by atoms with E-state index in [0.29, 0.717) is 29.3 Å². The molecule has 0 unspecified atom stereocenters. The molecule has 1 fully saturated rings. The van der Waals surface area contributed by atoms with E-state index in [0.717, 1.165) is 18.7 Å². The third-order valence-electron chi connectivity index (χ3n) is 3.78. The van der Waals surface area contributed by atoms with Crippen molar-refractivity contribution in [2.45, 2.75) is 20.3 Å². The van der Waals surface area contributed by atoms with Crippen LogP contribution >= 0.6 is 0 Å². The van der Waals surface area contributed by atoms with Crippen LogP contribution in [0, 0.1) is 23.2 Å². The molecule has 0 aliphatic carbocycles. The van der Waals surface area contributed by atoms with Gasteiger partial charge in [0.25, 0.3) is 0 Å². The Balaban J connectivity index is 1.96. The van der Waals surface area contributed by atoms with Gasteiger partial charge in [-0.15, -0.1) is 0 Å². The van der Waals surface area contributed by atoms with E-state index in [1.807, 2.05) is 12.1 Å². The van der Waals surface area contributed by atoms with Crippen molar-refractivity contribution in [3.8, 4) is 17.5 Å². The first kappa shape index (κ1) is 13.6. The third kappa shape index (κ3) is 2.75. The minimum Gasteiger partial charge on any atom is -0.419 e. The van der Waals surface area contributed by atoms with Crippen molar-refractivity contribution in [1.29, 1.82) is 5.26 Å². The summed E-state index contributed by atoms with van der Waals surface area (Å²) in [5.74, 6) is 2.23. The van der Waals surface area contributed by atoms with Crippen LogP contribution in [0.1, 0.15) is 26.0 Å². The molecule has 2 atom stereocenters. The maximum absolute atomic E-state index is 9.33. The third-order valence-corrected chi connectivity index (χ3v) is 3.78. The van der Waals surface area contributed by atoms with Crippen LogP contribution in [0.4, 0.5) is 5.88 Å². The highest BCUT2D eigenvalue weighted by Gasteiger charge is 2.27. The summed E-state index contributed by atoms with van der Waals surface area (Å²) in [5.41, 5.74) is 1.15. The normalized spacial score (nSPS) is 22.0. The number of aromatic nitrogens is 2. The van der Waals surface area contributed by atoms with Gasteiger partial charge < -0.3 is 9.32 Å². The van der Waals surface area contributed by atoms with Gasteiger partial charge in [-0.3, -0.25) is 4.98 Å². The summed E-state index contributed by atoms with van der Waals surface area (Å²) in [5, 5.41) is 9.33. The molecule has 3 rings (SSSR count). The number of nitrogens with zero attached hydrogens (tertiary/aromatic N) is 4. The van der Waals surface area contributed by atoms with Crippen LogP contribution in [-0.4, -0.2) is 23.1 Å². The maximum atomic E-state index is 9.33. The zero-order valence-electron chi connectivity index (χ0n) is 12.3. The Morgan fingerprint density at radius 3 is 2.71 bits per heavy atom. The number of pyridine rings is 1. The van der Waals surface area contributed by atoms with Gasteiger partial charge in [0.05, 0.1) is 5.56 Å². The van der Waals surface area contributed by atoms with E-state index >= 15 is 0 Å². The van der Waals surface area contributed by atoms with E-state index in [1.54, 1.807) is 12.4 Å². The summed E-state index contributed by atoms with van der Waals surface area (Å²) in [7, 11) is 0. The standard InChI is InChI=1S/C16H18N4O/c1-11-6-12(2)10-20(9-11)16-14(7-17)19-15(21-16)13-4-3-5-18-8-13/h3-5,8,11-12H,6,9-10H2,1-2H3/t11-,12-/m0/s1. The van der Waals surface area contributed by atoms with Crippen LogP contribution in [-0.2, 0) is 0 Å². The Bertz CT molecular complexity index is 649. The van der Waals surface area contributed by atoms with Crippen molar-refractivity contribution in [2.24, 2.45) is 11.8 Å². The van der Waals surface area contributed by atoms with Gasteiger partial charge in [-0.25, -0.2) is 0 Å².